The number of rotatable bonds is 3. The second-order valence-electron chi connectivity index (χ2n) is 6.15. The largest absolute Gasteiger partial charge is 0.496 e. The van der Waals surface area contributed by atoms with E-state index in [9.17, 15) is 4.79 Å². The van der Waals surface area contributed by atoms with E-state index < -0.39 is 5.97 Å². The Labute approximate surface area is 161 Å². The molecule has 3 aromatic rings. The molecular weight excluding hydrogens is 366 g/mol. The SMILES string of the molecule is COc1cc(OC)c2c(-c3ccc(Cl)cc3)cn3c2c1C(=O)OC/C=C\C3. The van der Waals surface area contributed by atoms with E-state index in [2.05, 4.69) is 0 Å². The zero-order chi connectivity index (χ0) is 19.0. The van der Waals surface area contributed by atoms with Crippen LogP contribution in [0.2, 0.25) is 5.02 Å². The Balaban J connectivity index is 2.12. The number of allylic oxidation sites excluding steroid dienone is 1. The molecule has 5 nitrogen and oxygen atoms in total. The van der Waals surface area contributed by atoms with Gasteiger partial charge < -0.3 is 18.8 Å². The van der Waals surface area contributed by atoms with Crippen molar-refractivity contribution in [2.75, 3.05) is 20.8 Å². The third-order valence-corrected chi connectivity index (χ3v) is 4.90. The van der Waals surface area contributed by atoms with Crippen LogP contribution in [0.15, 0.2) is 48.7 Å². The molecule has 0 saturated carbocycles. The summed E-state index contributed by atoms with van der Waals surface area (Å²) < 4.78 is 18.5. The molecule has 1 aromatic heterocycles. The molecule has 27 heavy (non-hydrogen) atoms. The fourth-order valence-corrected chi connectivity index (χ4v) is 3.54. The summed E-state index contributed by atoms with van der Waals surface area (Å²) in [6.07, 6.45) is 5.82. The van der Waals surface area contributed by atoms with Gasteiger partial charge in [-0.15, -0.1) is 0 Å². The summed E-state index contributed by atoms with van der Waals surface area (Å²) >= 11 is 6.05. The van der Waals surface area contributed by atoms with Gasteiger partial charge in [0.25, 0.3) is 0 Å². The zero-order valence-corrected chi connectivity index (χ0v) is 15.7. The van der Waals surface area contributed by atoms with Crippen molar-refractivity contribution in [1.29, 1.82) is 0 Å². The van der Waals surface area contributed by atoms with E-state index in [0.717, 1.165) is 22.0 Å². The number of hydrogen-bond donors (Lipinski definition) is 0. The van der Waals surface area contributed by atoms with Crippen LogP contribution in [-0.2, 0) is 11.3 Å². The topological polar surface area (TPSA) is 49.7 Å². The number of aromatic nitrogens is 1. The van der Waals surface area contributed by atoms with Crippen LogP contribution in [0.5, 0.6) is 11.5 Å². The van der Waals surface area contributed by atoms with Gasteiger partial charge in [-0.1, -0.05) is 29.8 Å². The molecule has 0 N–H and O–H groups in total. The van der Waals surface area contributed by atoms with Crippen LogP contribution in [-0.4, -0.2) is 31.4 Å². The highest BCUT2D eigenvalue weighted by Crippen LogP contribution is 2.43. The third kappa shape index (κ3) is 2.94. The predicted molar refractivity (Wildman–Crippen MR) is 105 cm³/mol. The van der Waals surface area contributed by atoms with Crippen molar-refractivity contribution in [3.8, 4) is 22.6 Å². The van der Waals surface area contributed by atoms with Crippen molar-refractivity contribution in [3.05, 3.63) is 59.3 Å². The number of cyclic esters (lactones) is 1. The summed E-state index contributed by atoms with van der Waals surface area (Å²) in [5, 5.41) is 1.50. The first-order chi connectivity index (χ1) is 13.1. The minimum atomic E-state index is -0.423. The molecule has 0 atom stereocenters. The van der Waals surface area contributed by atoms with Crippen molar-refractivity contribution in [1.82, 2.24) is 4.57 Å². The van der Waals surface area contributed by atoms with Crippen LogP contribution in [0.25, 0.3) is 22.0 Å². The molecule has 138 valence electrons. The minimum absolute atomic E-state index is 0.227. The Morgan fingerprint density at radius 2 is 1.81 bits per heavy atom. The number of benzene rings is 2. The Morgan fingerprint density at radius 3 is 2.52 bits per heavy atom. The Bertz CT molecular complexity index is 1050. The molecule has 0 saturated heterocycles. The van der Waals surface area contributed by atoms with Crippen LogP contribution < -0.4 is 9.47 Å². The number of hydrogen-bond acceptors (Lipinski definition) is 4. The highest BCUT2D eigenvalue weighted by Gasteiger charge is 2.27. The highest BCUT2D eigenvalue weighted by molar-refractivity contribution is 6.30. The van der Waals surface area contributed by atoms with Crippen LogP contribution in [0.4, 0.5) is 0 Å². The first-order valence-corrected chi connectivity index (χ1v) is 8.87. The molecule has 0 amide bonds. The quantitative estimate of drug-likeness (QED) is 0.485. The lowest BCUT2D eigenvalue weighted by Crippen LogP contribution is -2.09. The van der Waals surface area contributed by atoms with Gasteiger partial charge in [-0.25, -0.2) is 4.79 Å². The maximum Gasteiger partial charge on any atom is 0.344 e. The molecule has 0 radical (unpaired) electrons. The Morgan fingerprint density at radius 1 is 1.07 bits per heavy atom. The second kappa shape index (κ2) is 7.00. The van der Waals surface area contributed by atoms with E-state index in [1.54, 1.807) is 13.2 Å². The summed E-state index contributed by atoms with van der Waals surface area (Å²) in [6.45, 7) is 0.828. The number of ether oxygens (including phenoxy) is 3. The van der Waals surface area contributed by atoms with Crippen LogP contribution >= 0.6 is 11.6 Å². The number of esters is 1. The molecule has 6 heteroatoms. The average Bonchev–Trinajstić information content (AvgIpc) is 3.08. The first-order valence-electron chi connectivity index (χ1n) is 8.50. The Kier molecular flexibility index (Phi) is 4.54. The van der Waals surface area contributed by atoms with E-state index >= 15 is 0 Å². The molecule has 2 aromatic carbocycles. The van der Waals surface area contributed by atoms with Crippen molar-refractivity contribution in [2.24, 2.45) is 0 Å². The van der Waals surface area contributed by atoms with Gasteiger partial charge in [-0.3, -0.25) is 0 Å². The number of methoxy groups -OCH3 is 2. The number of nitrogens with zero attached hydrogens (tertiary/aromatic N) is 1. The van der Waals surface area contributed by atoms with Gasteiger partial charge in [0, 0.05) is 29.4 Å². The molecule has 0 spiro atoms. The minimum Gasteiger partial charge on any atom is -0.496 e. The van der Waals surface area contributed by atoms with Gasteiger partial charge in [0.2, 0.25) is 0 Å². The molecule has 0 bridgehead atoms. The fourth-order valence-electron chi connectivity index (χ4n) is 3.42. The lowest BCUT2D eigenvalue weighted by molar-refractivity contribution is 0.0548. The second-order valence-corrected chi connectivity index (χ2v) is 6.59. The standard InChI is InChI=1S/C21H18ClNO4/c1-25-16-11-17(26-2)19-20-18(16)15(13-5-7-14(22)8-6-13)12-23(20)9-3-4-10-27-21(19)24/h3-8,11-12H,9-10H2,1-2H3/b4-3-. The van der Waals surface area contributed by atoms with Crippen molar-refractivity contribution < 1.29 is 19.0 Å². The van der Waals surface area contributed by atoms with Crippen LogP contribution in [0.3, 0.4) is 0 Å². The normalized spacial score (nSPS) is 14.9. The molecule has 0 unspecified atom stereocenters. The summed E-state index contributed by atoms with van der Waals surface area (Å²) in [5.74, 6) is 0.631. The monoisotopic (exact) mass is 383 g/mol. The molecular formula is C21H18ClNO4. The van der Waals surface area contributed by atoms with Gasteiger partial charge in [0.1, 0.15) is 23.7 Å². The fraction of sp³-hybridized carbons (Fsp3) is 0.190. The van der Waals surface area contributed by atoms with Crippen LogP contribution in [0, 0.1) is 0 Å². The zero-order valence-electron chi connectivity index (χ0n) is 15.0. The van der Waals surface area contributed by atoms with Gasteiger partial charge in [-0.2, -0.15) is 0 Å². The summed E-state index contributed by atoms with van der Waals surface area (Å²) in [6, 6.07) is 9.31. The number of carbonyl (C=O) groups excluding carboxylic acids is 1. The average molecular weight is 384 g/mol. The van der Waals surface area contributed by atoms with Gasteiger partial charge >= 0.3 is 5.97 Å². The maximum absolute atomic E-state index is 12.8. The van der Waals surface area contributed by atoms with Gasteiger partial charge in [0.15, 0.2) is 0 Å². The van der Waals surface area contributed by atoms with Crippen molar-refractivity contribution >= 4 is 28.5 Å². The molecule has 1 aliphatic rings. The third-order valence-electron chi connectivity index (χ3n) is 4.65. The summed E-state index contributed by atoms with van der Waals surface area (Å²) in [5.41, 5.74) is 3.06. The molecule has 0 aliphatic carbocycles. The van der Waals surface area contributed by atoms with Crippen LogP contribution in [0.1, 0.15) is 10.4 Å². The van der Waals surface area contributed by atoms with E-state index in [-0.39, 0.29) is 6.61 Å². The molecule has 0 fully saturated rings. The van der Waals surface area contributed by atoms with E-state index in [4.69, 9.17) is 25.8 Å². The molecule has 4 rings (SSSR count). The van der Waals surface area contributed by atoms with Gasteiger partial charge in [-0.05, 0) is 23.8 Å². The lowest BCUT2D eigenvalue weighted by atomic mass is 10.0. The van der Waals surface area contributed by atoms with E-state index in [0.29, 0.717) is 28.6 Å². The smallest absolute Gasteiger partial charge is 0.344 e. The summed E-state index contributed by atoms with van der Waals surface area (Å²) in [7, 11) is 3.13. The van der Waals surface area contributed by atoms with Crippen molar-refractivity contribution in [3.63, 3.8) is 0 Å². The molecule has 2 heterocycles. The van der Waals surface area contributed by atoms with Crippen molar-refractivity contribution in [2.45, 2.75) is 6.54 Å². The number of halogens is 1. The number of carbonyl (C=O) groups is 1. The lowest BCUT2D eigenvalue weighted by Gasteiger charge is -2.14. The van der Waals surface area contributed by atoms with Gasteiger partial charge in [0.05, 0.1) is 25.1 Å². The maximum atomic E-state index is 12.8. The highest BCUT2D eigenvalue weighted by atomic mass is 35.5. The molecule has 1 aliphatic heterocycles. The summed E-state index contributed by atoms with van der Waals surface area (Å²) in [4.78, 5) is 12.8. The van der Waals surface area contributed by atoms with E-state index in [1.165, 1.54) is 7.11 Å². The first kappa shape index (κ1) is 17.5. The van der Waals surface area contributed by atoms with E-state index in [1.807, 2.05) is 47.2 Å². The Hall–Kier alpha value is -2.92. The predicted octanol–water partition coefficient (Wildman–Crippen LogP) is 4.71.